The van der Waals surface area contributed by atoms with Crippen molar-refractivity contribution in [3.8, 4) is 11.4 Å². The highest BCUT2D eigenvalue weighted by Crippen LogP contribution is 2.53. The van der Waals surface area contributed by atoms with E-state index in [0.717, 1.165) is 23.8 Å². The monoisotopic (exact) mass is 440 g/mol. The van der Waals surface area contributed by atoms with E-state index in [0.29, 0.717) is 23.7 Å². The summed E-state index contributed by atoms with van der Waals surface area (Å²) in [5.74, 6) is 3.74. The number of anilines is 3. The van der Waals surface area contributed by atoms with Gasteiger partial charge in [0.05, 0.1) is 6.20 Å². The van der Waals surface area contributed by atoms with Crippen LogP contribution in [0.25, 0.3) is 11.4 Å². The molecule has 0 radical (unpaired) electrons. The number of benzene rings is 2. The molecule has 4 heteroatoms. The van der Waals surface area contributed by atoms with Gasteiger partial charge < -0.3 is 9.80 Å². The maximum Gasteiger partial charge on any atom is 0.162 e. The normalized spacial score (nSPS) is 21.4. The first-order valence-corrected chi connectivity index (χ1v) is 12.5. The largest absolute Gasteiger partial charge is 0.337 e. The summed E-state index contributed by atoms with van der Waals surface area (Å²) in [6.07, 6.45) is 3.46. The minimum atomic E-state index is 0.259. The van der Waals surface area contributed by atoms with Crippen LogP contribution in [0.2, 0.25) is 0 Å². The van der Waals surface area contributed by atoms with Crippen LogP contribution in [0.3, 0.4) is 0 Å². The second-order valence-electron chi connectivity index (χ2n) is 10.4. The summed E-state index contributed by atoms with van der Waals surface area (Å²) in [6, 6.07) is 15.5. The van der Waals surface area contributed by atoms with Crippen LogP contribution < -0.4 is 9.80 Å². The first-order valence-electron chi connectivity index (χ1n) is 12.5. The maximum atomic E-state index is 5.25. The van der Waals surface area contributed by atoms with E-state index >= 15 is 0 Å². The van der Waals surface area contributed by atoms with Gasteiger partial charge in [-0.1, -0.05) is 77.9 Å². The van der Waals surface area contributed by atoms with Gasteiger partial charge in [0.25, 0.3) is 0 Å². The van der Waals surface area contributed by atoms with Gasteiger partial charge in [0.2, 0.25) is 0 Å². The lowest BCUT2D eigenvalue weighted by molar-refractivity contribution is 0.354. The van der Waals surface area contributed by atoms with Crippen LogP contribution in [0.5, 0.6) is 0 Å². The third-order valence-electron chi connectivity index (χ3n) is 7.74. The van der Waals surface area contributed by atoms with E-state index in [9.17, 15) is 0 Å². The van der Waals surface area contributed by atoms with Crippen molar-refractivity contribution < 1.29 is 0 Å². The summed E-state index contributed by atoms with van der Waals surface area (Å²) in [7, 11) is 2.20. The van der Waals surface area contributed by atoms with Gasteiger partial charge in [0.1, 0.15) is 11.9 Å². The standard InChI is InChI=1S/C29H36N4/c1-8-20-19(6)29-32(7)28-25(33(29)24-15-10-9-12-23(20)24)16-30-27(31-28)26-21(17(2)3)13-11-14-22(26)18(4)5/h9-20,29H,8H2,1-7H3. The fourth-order valence-electron chi connectivity index (χ4n) is 6.13. The molecule has 3 heterocycles. The molecule has 0 spiro atoms. The van der Waals surface area contributed by atoms with Crippen LogP contribution in [0.4, 0.5) is 17.2 Å². The molecule has 33 heavy (non-hydrogen) atoms. The first-order chi connectivity index (χ1) is 15.8. The molecule has 172 valence electrons. The molecule has 0 saturated heterocycles. The number of hydrogen-bond donors (Lipinski definition) is 0. The van der Waals surface area contributed by atoms with E-state index in [-0.39, 0.29) is 6.17 Å². The molecule has 0 N–H and O–H groups in total. The van der Waals surface area contributed by atoms with Gasteiger partial charge in [-0.2, -0.15) is 0 Å². The van der Waals surface area contributed by atoms with Gasteiger partial charge in [-0.25, -0.2) is 9.97 Å². The van der Waals surface area contributed by atoms with Crippen molar-refractivity contribution in [2.45, 2.75) is 71.9 Å². The Bertz CT molecular complexity index is 1160. The van der Waals surface area contributed by atoms with Crippen molar-refractivity contribution in [3.05, 3.63) is 65.4 Å². The van der Waals surface area contributed by atoms with Gasteiger partial charge in [0, 0.05) is 24.2 Å². The van der Waals surface area contributed by atoms with E-state index < -0.39 is 0 Å². The lowest BCUT2D eigenvalue weighted by atomic mass is 9.78. The fraction of sp³-hybridized carbons (Fsp3) is 0.448. The smallest absolute Gasteiger partial charge is 0.162 e. The van der Waals surface area contributed by atoms with E-state index in [1.54, 1.807) is 0 Å². The Morgan fingerprint density at radius 3 is 2.21 bits per heavy atom. The molecule has 2 aliphatic heterocycles. The number of fused-ring (bicyclic) bond motifs is 5. The minimum Gasteiger partial charge on any atom is -0.337 e. The van der Waals surface area contributed by atoms with Crippen molar-refractivity contribution >= 4 is 17.2 Å². The van der Waals surface area contributed by atoms with Crippen LogP contribution in [-0.2, 0) is 0 Å². The maximum absolute atomic E-state index is 5.25. The molecule has 3 aromatic rings. The van der Waals surface area contributed by atoms with Crippen molar-refractivity contribution in [2.24, 2.45) is 5.92 Å². The summed E-state index contributed by atoms with van der Waals surface area (Å²) in [4.78, 5) is 15.1. The third kappa shape index (κ3) is 3.25. The quantitative estimate of drug-likeness (QED) is 0.422. The number of nitrogens with zero attached hydrogens (tertiary/aromatic N) is 4. The van der Waals surface area contributed by atoms with E-state index in [2.05, 4.69) is 107 Å². The molecular weight excluding hydrogens is 404 g/mol. The van der Waals surface area contributed by atoms with Crippen LogP contribution in [0, 0.1) is 5.92 Å². The summed E-state index contributed by atoms with van der Waals surface area (Å²) < 4.78 is 0. The topological polar surface area (TPSA) is 32.3 Å². The zero-order valence-corrected chi connectivity index (χ0v) is 21.0. The average molecular weight is 441 g/mol. The van der Waals surface area contributed by atoms with Gasteiger partial charge in [-0.3, -0.25) is 0 Å². The number of para-hydroxylation sites is 1. The Balaban J connectivity index is 1.69. The fourth-order valence-corrected chi connectivity index (χ4v) is 6.13. The van der Waals surface area contributed by atoms with E-state index in [1.165, 1.54) is 27.9 Å². The molecule has 3 atom stereocenters. The SMILES string of the molecule is CCC1c2ccccc2N2c3cnc(-c4c(C(C)C)cccc4C(C)C)nc3N(C)C2C1C. The molecule has 0 fully saturated rings. The average Bonchev–Trinajstić information content (AvgIpc) is 3.11. The lowest BCUT2D eigenvalue weighted by Gasteiger charge is -2.44. The Morgan fingerprint density at radius 2 is 1.58 bits per heavy atom. The first kappa shape index (κ1) is 21.9. The summed E-state index contributed by atoms with van der Waals surface area (Å²) in [5, 5.41) is 0. The number of rotatable bonds is 4. The second kappa shape index (κ2) is 8.16. The molecule has 5 rings (SSSR count). The van der Waals surface area contributed by atoms with Gasteiger partial charge in [-0.15, -0.1) is 0 Å². The predicted molar refractivity (Wildman–Crippen MR) is 139 cm³/mol. The van der Waals surface area contributed by atoms with Crippen LogP contribution in [0.1, 0.15) is 82.4 Å². The minimum absolute atomic E-state index is 0.259. The molecule has 0 amide bonds. The third-order valence-corrected chi connectivity index (χ3v) is 7.74. The molecule has 0 saturated carbocycles. The van der Waals surface area contributed by atoms with Crippen LogP contribution in [-0.4, -0.2) is 23.2 Å². The number of hydrogen-bond acceptors (Lipinski definition) is 4. The second-order valence-corrected chi connectivity index (χ2v) is 10.4. The predicted octanol–water partition coefficient (Wildman–Crippen LogP) is 7.45. The lowest BCUT2D eigenvalue weighted by Crippen LogP contribution is -2.48. The van der Waals surface area contributed by atoms with Crippen LogP contribution in [0.15, 0.2) is 48.7 Å². The van der Waals surface area contributed by atoms with Crippen molar-refractivity contribution in [1.29, 1.82) is 0 Å². The molecule has 3 unspecified atom stereocenters. The van der Waals surface area contributed by atoms with Crippen LogP contribution >= 0.6 is 0 Å². The Labute approximate surface area is 198 Å². The highest BCUT2D eigenvalue weighted by Gasteiger charge is 2.46. The summed E-state index contributed by atoms with van der Waals surface area (Å²) in [6.45, 7) is 13.7. The number of aromatic nitrogens is 2. The van der Waals surface area contributed by atoms with Gasteiger partial charge in [0.15, 0.2) is 11.6 Å². The van der Waals surface area contributed by atoms with Crippen molar-refractivity contribution in [2.75, 3.05) is 16.8 Å². The molecule has 4 nitrogen and oxygen atoms in total. The van der Waals surface area contributed by atoms with Crippen molar-refractivity contribution in [1.82, 2.24) is 9.97 Å². The Kier molecular flexibility index (Phi) is 5.43. The molecule has 2 aromatic carbocycles. The highest BCUT2D eigenvalue weighted by molar-refractivity contribution is 5.84. The van der Waals surface area contributed by atoms with Gasteiger partial charge in [-0.05, 0) is 46.9 Å². The van der Waals surface area contributed by atoms with E-state index in [1.807, 2.05) is 0 Å². The zero-order valence-electron chi connectivity index (χ0n) is 21.0. The van der Waals surface area contributed by atoms with Gasteiger partial charge >= 0.3 is 0 Å². The summed E-state index contributed by atoms with van der Waals surface area (Å²) >= 11 is 0. The zero-order chi connectivity index (χ0) is 23.4. The Morgan fingerprint density at radius 1 is 0.909 bits per heavy atom. The highest BCUT2D eigenvalue weighted by atomic mass is 15.4. The van der Waals surface area contributed by atoms with Crippen molar-refractivity contribution in [3.63, 3.8) is 0 Å². The Hall–Kier alpha value is -2.88. The molecule has 0 bridgehead atoms. The molecular formula is C29H36N4. The van der Waals surface area contributed by atoms with E-state index in [4.69, 9.17) is 9.97 Å². The molecule has 2 aliphatic rings. The molecule has 1 aromatic heterocycles. The summed E-state index contributed by atoms with van der Waals surface area (Å²) in [5.41, 5.74) is 7.73. The molecule has 0 aliphatic carbocycles.